The molecule has 1 saturated carbocycles. The van der Waals surface area contributed by atoms with Gasteiger partial charge in [-0.05, 0) is 29.7 Å². The number of rotatable bonds is 3. The van der Waals surface area contributed by atoms with Crippen LogP contribution in [0.2, 0.25) is 0 Å². The number of hydrogen-bond donors (Lipinski definition) is 1. The van der Waals surface area contributed by atoms with Gasteiger partial charge >= 0.3 is 5.82 Å². The van der Waals surface area contributed by atoms with E-state index in [0.29, 0.717) is 17.4 Å². The Kier molecular flexibility index (Phi) is 3.30. The molecule has 3 rings (SSSR count). The fourth-order valence-electron chi connectivity index (χ4n) is 2.96. The Labute approximate surface area is 117 Å². The fraction of sp³-hybridized carbons (Fsp3) is 0.500. The molecule has 1 fully saturated rings. The van der Waals surface area contributed by atoms with Gasteiger partial charge in [-0.15, -0.1) is 0 Å². The van der Waals surface area contributed by atoms with Crippen molar-refractivity contribution in [3.63, 3.8) is 0 Å². The maximum atomic E-state index is 11.3. The van der Waals surface area contributed by atoms with E-state index in [0.717, 1.165) is 6.42 Å². The summed E-state index contributed by atoms with van der Waals surface area (Å²) in [5.41, 5.74) is 0.602. The normalized spacial score (nSPS) is 22.9. The van der Waals surface area contributed by atoms with Crippen molar-refractivity contribution in [2.24, 2.45) is 5.92 Å². The summed E-state index contributed by atoms with van der Waals surface area (Å²) >= 11 is 0. The van der Waals surface area contributed by atoms with E-state index >= 15 is 0 Å². The van der Waals surface area contributed by atoms with Gasteiger partial charge in [-0.3, -0.25) is 0 Å². The van der Waals surface area contributed by atoms with E-state index in [-0.39, 0.29) is 16.8 Å². The highest BCUT2D eigenvalue weighted by Crippen LogP contribution is 2.31. The van der Waals surface area contributed by atoms with Gasteiger partial charge in [-0.25, -0.2) is 0 Å². The largest absolute Gasteiger partial charge is 0.372 e. The summed E-state index contributed by atoms with van der Waals surface area (Å²) < 4.78 is 1.52. The molecule has 0 aromatic carbocycles. The molecule has 6 nitrogen and oxygen atoms in total. The van der Waals surface area contributed by atoms with Gasteiger partial charge in [-0.1, -0.05) is 25.8 Å². The minimum Gasteiger partial charge on any atom is -0.360 e. The zero-order chi connectivity index (χ0) is 14.1. The molecule has 20 heavy (non-hydrogen) atoms. The van der Waals surface area contributed by atoms with Gasteiger partial charge in [0.15, 0.2) is 0 Å². The Morgan fingerprint density at radius 1 is 1.40 bits per heavy atom. The molecule has 0 bridgehead atoms. The Bertz CT molecular complexity index is 637. The van der Waals surface area contributed by atoms with Crippen LogP contribution in [0.25, 0.3) is 5.65 Å². The first-order valence-electron chi connectivity index (χ1n) is 7.05. The Hall–Kier alpha value is -2.11. The van der Waals surface area contributed by atoms with E-state index in [1.165, 1.54) is 23.7 Å². The van der Waals surface area contributed by atoms with Crippen LogP contribution >= 0.6 is 0 Å². The van der Waals surface area contributed by atoms with Gasteiger partial charge in [0.05, 0.1) is 6.20 Å². The number of nitro groups is 1. The van der Waals surface area contributed by atoms with Gasteiger partial charge in [0.2, 0.25) is 11.5 Å². The van der Waals surface area contributed by atoms with Crippen molar-refractivity contribution < 1.29 is 4.92 Å². The van der Waals surface area contributed by atoms with E-state index in [1.807, 2.05) is 6.07 Å². The van der Waals surface area contributed by atoms with Crippen LogP contribution in [0.4, 0.5) is 11.6 Å². The molecule has 0 saturated heterocycles. The van der Waals surface area contributed by atoms with Crippen LogP contribution in [0, 0.1) is 16.0 Å². The van der Waals surface area contributed by atoms with E-state index < -0.39 is 0 Å². The van der Waals surface area contributed by atoms with E-state index in [2.05, 4.69) is 17.2 Å². The SMILES string of the molecule is CC1CCCCC1Nc1nc2ccccn2c1[N+](=O)[O-]. The van der Waals surface area contributed by atoms with Crippen LogP contribution in [-0.4, -0.2) is 20.3 Å². The number of nitrogens with zero attached hydrogens (tertiary/aromatic N) is 3. The first kappa shape index (κ1) is 12.9. The molecule has 0 radical (unpaired) electrons. The Morgan fingerprint density at radius 3 is 2.95 bits per heavy atom. The molecule has 6 heteroatoms. The summed E-state index contributed by atoms with van der Waals surface area (Å²) in [6.07, 6.45) is 6.30. The Balaban J connectivity index is 1.98. The van der Waals surface area contributed by atoms with Gasteiger partial charge < -0.3 is 15.4 Å². The van der Waals surface area contributed by atoms with Crippen molar-refractivity contribution in [2.45, 2.75) is 38.6 Å². The minimum atomic E-state index is -0.365. The van der Waals surface area contributed by atoms with Gasteiger partial charge in [0, 0.05) is 12.1 Å². The van der Waals surface area contributed by atoms with Gasteiger partial charge in [0.1, 0.15) is 0 Å². The summed E-state index contributed by atoms with van der Waals surface area (Å²) in [5, 5.41) is 14.6. The molecular formula is C14H18N4O2. The molecule has 1 N–H and O–H groups in total. The lowest BCUT2D eigenvalue weighted by Gasteiger charge is -2.29. The lowest BCUT2D eigenvalue weighted by molar-refractivity contribution is -0.389. The van der Waals surface area contributed by atoms with E-state index in [4.69, 9.17) is 0 Å². The second-order valence-electron chi connectivity index (χ2n) is 5.48. The average molecular weight is 274 g/mol. The molecule has 2 aromatic rings. The molecule has 2 aromatic heterocycles. The molecule has 2 unspecified atom stereocenters. The van der Waals surface area contributed by atoms with Crippen LogP contribution in [-0.2, 0) is 0 Å². The topological polar surface area (TPSA) is 72.5 Å². The van der Waals surface area contributed by atoms with E-state index in [9.17, 15) is 10.1 Å². The van der Waals surface area contributed by atoms with Gasteiger partial charge in [0.25, 0.3) is 0 Å². The first-order valence-corrected chi connectivity index (χ1v) is 7.05. The zero-order valence-corrected chi connectivity index (χ0v) is 11.5. The predicted molar refractivity (Wildman–Crippen MR) is 76.9 cm³/mol. The molecule has 0 amide bonds. The van der Waals surface area contributed by atoms with Crippen molar-refractivity contribution in [1.29, 1.82) is 0 Å². The molecule has 0 spiro atoms. The number of pyridine rings is 1. The lowest BCUT2D eigenvalue weighted by Crippen LogP contribution is -2.30. The molecule has 0 aliphatic heterocycles. The summed E-state index contributed by atoms with van der Waals surface area (Å²) in [5.74, 6) is 0.937. The highest BCUT2D eigenvalue weighted by molar-refractivity contribution is 5.62. The maximum Gasteiger partial charge on any atom is 0.372 e. The quantitative estimate of drug-likeness (QED) is 0.689. The highest BCUT2D eigenvalue weighted by atomic mass is 16.6. The fourth-order valence-corrected chi connectivity index (χ4v) is 2.96. The monoisotopic (exact) mass is 274 g/mol. The van der Waals surface area contributed by atoms with Crippen molar-refractivity contribution in [3.05, 3.63) is 34.5 Å². The number of anilines is 1. The van der Waals surface area contributed by atoms with Crippen molar-refractivity contribution in [1.82, 2.24) is 9.38 Å². The maximum absolute atomic E-state index is 11.3. The van der Waals surface area contributed by atoms with Crippen LogP contribution in [0.1, 0.15) is 32.6 Å². The summed E-state index contributed by atoms with van der Waals surface area (Å²) in [6.45, 7) is 2.19. The van der Waals surface area contributed by atoms with Gasteiger partial charge in [-0.2, -0.15) is 9.38 Å². The standard InChI is InChI=1S/C14H18N4O2/c1-10-6-2-3-7-11(10)15-13-14(18(19)20)17-9-5-4-8-12(17)16-13/h4-5,8-11,15H,2-3,6-7H2,1H3. The first-order chi connectivity index (χ1) is 9.66. The lowest BCUT2D eigenvalue weighted by atomic mass is 9.86. The Morgan fingerprint density at radius 2 is 2.20 bits per heavy atom. The number of fused-ring (bicyclic) bond motifs is 1. The number of hydrogen-bond acceptors (Lipinski definition) is 4. The predicted octanol–water partition coefficient (Wildman–Crippen LogP) is 3.23. The average Bonchev–Trinajstić information content (AvgIpc) is 2.79. The summed E-state index contributed by atoms with van der Waals surface area (Å²) in [6, 6.07) is 5.66. The van der Waals surface area contributed by atoms with Crippen molar-refractivity contribution in [2.75, 3.05) is 5.32 Å². The third kappa shape index (κ3) is 2.21. The number of imidazole rings is 1. The molecule has 106 valence electrons. The minimum absolute atomic E-state index is 0.0263. The molecule has 1 aliphatic rings. The second-order valence-corrected chi connectivity index (χ2v) is 5.48. The molecule has 2 atom stereocenters. The summed E-state index contributed by atoms with van der Waals surface area (Å²) in [4.78, 5) is 15.3. The third-order valence-corrected chi connectivity index (χ3v) is 4.11. The highest BCUT2D eigenvalue weighted by Gasteiger charge is 2.27. The van der Waals surface area contributed by atoms with Crippen LogP contribution in [0.15, 0.2) is 24.4 Å². The summed E-state index contributed by atoms with van der Waals surface area (Å²) in [7, 11) is 0. The van der Waals surface area contributed by atoms with Crippen molar-refractivity contribution in [3.8, 4) is 0 Å². The molecule has 2 heterocycles. The van der Waals surface area contributed by atoms with Crippen LogP contribution in [0.3, 0.4) is 0 Å². The second kappa shape index (κ2) is 5.11. The molecular weight excluding hydrogens is 256 g/mol. The van der Waals surface area contributed by atoms with E-state index in [1.54, 1.807) is 18.3 Å². The van der Waals surface area contributed by atoms with Crippen LogP contribution < -0.4 is 5.32 Å². The number of aromatic nitrogens is 2. The molecule has 1 aliphatic carbocycles. The number of nitrogens with one attached hydrogen (secondary N) is 1. The third-order valence-electron chi connectivity index (χ3n) is 4.11. The van der Waals surface area contributed by atoms with Crippen molar-refractivity contribution >= 4 is 17.3 Å². The smallest absolute Gasteiger partial charge is 0.360 e. The van der Waals surface area contributed by atoms with Crippen LogP contribution in [0.5, 0.6) is 0 Å². The zero-order valence-electron chi connectivity index (χ0n) is 11.5.